The Bertz CT molecular complexity index is 1070. The maximum absolute atomic E-state index is 13.2. The molecule has 2 N–H and O–H groups in total. The van der Waals surface area contributed by atoms with Crippen LogP contribution in [0.15, 0.2) is 53.4 Å². The predicted molar refractivity (Wildman–Crippen MR) is 113 cm³/mol. The van der Waals surface area contributed by atoms with Crippen LogP contribution in [0, 0.1) is 0 Å². The quantitative estimate of drug-likeness (QED) is 0.765. The maximum Gasteiger partial charge on any atom is 0.331 e. The second-order valence-electron chi connectivity index (χ2n) is 7.37. The highest BCUT2D eigenvalue weighted by Crippen LogP contribution is 2.32. The molecule has 0 aliphatic carbocycles. The van der Waals surface area contributed by atoms with Gasteiger partial charge in [0.2, 0.25) is 0 Å². The van der Waals surface area contributed by atoms with Crippen molar-refractivity contribution < 1.29 is 18.0 Å². The summed E-state index contributed by atoms with van der Waals surface area (Å²) in [7, 11) is -4.00. The second kappa shape index (κ2) is 7.98. The van der Waals surface area contributed by atoms with Crippen molar-refractivity contribution in [3.8, 4) is 0 Å². The Morgan fingerprint density at radius 2 is 1.97 bits per heavy atom. The first-order chi connectivity index (χ1) is 14.4. The minimum Gasteiger partial charge on any atom is -0.338 e. The van der Waals surface area contributed by atoms with Crippen molar-refractivity contribution in [2.45, 2.75) is 30.7 Å². The van der Waals surface area contributed by atoms with E-state index in [0.29, 0.717) is 25.2 Å². The summed E-state index contributed by atoms with van der Waals surface area (Å²) in [6.07, 6.45) is 1.41. The highest BCUT2D eigenvalue weighted by atomic mass is 32.2. The van der Waals surface area contributed by atoms with Gasteiger partial charge in [0.15, 0.2) is 0 Å². The van der Waals surface area contributed by atoms with E-state index in [1.165, 1.54) is 6.07 Å². The molecule has 8 nitrogen and oxygen atoms in total. The number of hydrogen-bond donors (Lipinski definition) is 2. The summed E-state index contributed by atoms with van der Waals surface area (Å²) in [6, 6.07) is 12.7. The molecule has 1 saturated heterocycles. The standard InChI is InChI=1S/C21H24N4O4S/c1-2-11-22-20(26)24-12-10-16-13-17(8-9-19(16)24)30(28,29)25-14-18(23-21(25)27)15-6-4-3-5-7-15/h3-9,13,18H,2,10-12,14H2,1H3,(H,22,26)(H,23,27). The number of nitrogens with one attached hydrogen (secondary N) is 2. The molecule has 4 amide bonds. The zero-order valence-electron chi connectivity index (χ0n) is 16.7. The zero-order valence-corrected chi connectivity index (χ0v) is 17.5. The van der Waals surface area contributed by atoms with E-state index in [1.807, 2.05) is 37.3 Å². The smallest absolute Gasteiger partial charge is 0.331 e. The number of amides is 4. The molecule has 2 aliphatic rings. The van der Waals surface area contributed by atoms with Crippen LogP contribution < -0.4 is 15.5 Å². The van der Waals surface area contributed by atoms with E-state index < -0.39 is 16.1 Å². The Morgan fingerprint density at radius 3 is 2.70 bits per heavy atom. The minimum absolute atomic E-state index is 0.0355. The molecule has 0 aromatic heterocycles. The van der Waals surface area contributed by atoms with Gasteiger partial charge < -0.3 is 10.6 Å². The molecule has 1 atom stereocenters. The summed E-state index contributed by atoms with van der Waals surface area (Å²) in [5, 5.41) is 5.58. The molecule has 1 unspecified atom stereocenters. The van der Waals surface area contributed by atoms with Crippen molar-refractivity contribution in [2.75, 3.05) is 24.5 Å². The molecule has 2 aromatic carbocycles. The highest BCUT2D eigenvalue weighted by molar-refractivity contribution is 7.89. The van der Waals surface area contributed by atoms with Gasteiger partial charge in [-0.3, -0.25) is 4.90 Å². The van der Waals surface area contributed by atoms with Crippen LogP contribution in [0.4, 0.5) is 15.3 Å². The second-order valence-corrected chi connectivity index (χ2v) is 9.24. The number of benzene rings is 2. The van der Waals surface area contributed by atoms with Gasteiger partial charge in [0.05, 0.1) is 17.5 Å². The summed E-state index contributed by atoms with van der Waals surface area (Å²) in [6.45, 7) is 3.10. The van der Waals surface area contributed by atoms with E-state index in [9.17, 15) is 18.0 Å². The van der Waals surface area contributed by atoms with Gasteiger partial charge in [0.1, 0.15) is 0 Å². The predicted octanol–water partition coefficient (Wildman–Crippen LogP) is 2.62. The molecule has 2 aromatic rings. The minimum atomic E-state index is -4.00. The average molecular weight is 429 g/mol. The Labute approximate surface area is 175 Å². The SMILES string of the molecule is CCCNC(=O)N1CCc2cc(S(=O)(=O)N3CC(c4ccccc4)NC3=O)ccc21. The summed E-state index contributed by atoms with van der Waals surface area (Å²) in [5.74, 6) is 0. The number of carbonyl (C=O) groups excluding carboxylic acids is 2. The largest absolute Gasteiger partial charge is 0.338 e. The van der Waals surface area contributed by atoms with Crippen molar-refractivity contribution in [1.29, 1.82) is 0 Å². The Morgan fingerprint density at radius 1 is 1.20 bits per heavy atom. The van der Waals surface area contributed by atoms with E-state index in [4.69, 9.17) is 0 Å². The lowest BCUT2D eigenvalue weighted by atomic mass is 10.1. The van der Waals surface area contributed by atoms with Gasteiger partial charge in [-0.15, -0.1) is 0 Å². The molecule has 2 heterocycles. The van der Waals surface area contributed by atoms with Crippen LogP contribution >= 0.6 is 0 Å². The van der Waals surface area contributed by atoms with Crippen molar-refractivity contribution >= 4 is 27.8 Å². The first-order valence-corrected chi connectivity index (χ1v) is 11.4. The van der Waals surface area contributed by atoms with Crippen LogP contribution in [-0.2, 0) is 16.4 Å². The van der Waals surface area contributed by atoms with Crippen LogP contribution in [-0.4, -0.2) is 44.4 Å². The van der Waals surface area contributed by atoms with Crippen LogP contribution in [0.2, 0.25) is 0 Å². The van der Waals surface area contributed by atoms with Gasteiger partial charge >= 0.3 is 12.1 Å². The lowest BCUT2D eigenvalue weighted by Gasteiger charge is -2.19. The number of anilines is 1. The van der Waals surface area contributed by atoms with E-state index in [-0.39, 0.29) is 23.5 Å². The van der Waals surface area contributed by atoms with E-state index >= 15 is 0 Å². The molecular formula is C21H24N4O4S. The number of nitrogens with zero attached hydrogens (tertiary/aromatic N) is 2. The van der Waals surface area contributed by atoms with E-state index in [2.05, 4.69) is 10.6 Å². The van der Waals surface area contributed by atoms with Crippen LogP contribution in [0.5, 0.6) is 0 Å². The summed E-state index contributed by atoms with van der Waals surface area (Å²) < 4.78 is 27.2. The molecule has 0 saturated carbocycles. The molecular weight excluding hydrogens is 404 g/mol. The number of sulfonamides is 1. The van der Waals surface area contributed by atoms with Gasteiger partial charge in [-0.05, 0) is 42.2 Å². The molecule has 158 valence electrons. The number of hydrogen-bond acceptors (Lipinski definition) is 4. The summed E-state index contributed by atoms with van der Waals surface area (Å²) in [5.41, 5.74) is 2.34. The van der Waals surface area contributed by atoms with E-state index in [0.717, 1.165) is 21.9 Å². The van der Waals surface area contributed by atoms with Gasteiger partial charge in [-0.1, -0.05) is 37.3 Å². The molecule has 0 radical (unpaired) electrons. The highest BCUT2D eigenvalue weighted by Gasteiger charge is 2.39. The van der Waals surface area contributed by atoms with Crippen LogP contribution in [0.3, 0.4) is 0 Å². The fraction of sp³-hybridized carbons (Fsp3) is 0.333. The zero-order chi connectivity index (χ0) is 21.3. The molecule has 0 spiro atoms. The number of rotatable bonds is 5. The summed E-state index contributed by atoms with van der Waals surface area (Å²) >= 11 is 0. The third kappa shape index (κ3) is 3.60. The number of carbonyl (C=O) groups is 2. The third-order valence-corrected chi connectivity index (χ3v) is 7.13. The maximum atomic E-state index is 13.2. The molecule has 4 rings (SSSR count). The van der Waals surface area contributed by atoms with Gasteiger partial charge in [-0.25, -0.2) is 22.3 Å². The van der Waals surface area contributed by atoms with Crippen molar-refractivity contribution in [2.24, 2.45) is 0 Å². The Balaban J connectivity index is 1.56. The van der Waals surface area contributed by atoms with Gasteiger partial charge in [0, 0.05) is 18.8 Å². The number of fused-ring (bicyclic) bond motifs is 1. The topological polar surface area (TPSA) is 98.8 Å². The lowest BCUT2D eigenvalue weighted by Crippen LogP contribution is -2.39. The van der Waals surface area contributed by atoms with Crippen molar-refractivity contribution in [3.05, 3.63) is 59.7 Å². The Kier molecular flexibility index (Phi) is 5.38. The number of urea groups is 2. The van der Waals surface area contributed by atoms with Crippen LogP contribution in [0.1, 0.15) is 30.5 Å². The molecule has 0 bridgehead atoms. The van der Waals surface area contributed by atoms with E-state index in [1.54, 1.807) is 17.0 Å². The molecule has 1 fully saturated rings. The first kappa shape index (κ1) is 20.2. The fourth-order valence-corrected chi connectivity index (χ4v) is 5.20. The van der Waals surface area contributed by atoms with Gasteiger partial charge in [0.25, 0.3) is 10.0 Å². The fourth-order valence-electron chi connectivity index (χ4n) is 3.80. The normalized spacial score (nSPS) is 18.3. The monoisotopic (exact) mass is 428 g/mol. The Hall–Kier alpha value is -3.07. The van der Waals surface area contributed by atoms with Crippen molar-refractivity contribution in [3.63, 3.8) is 0 Å². The summed E-state index contributed by atoms with van der Waals surface area (Å²) in [4.78, 5) is 26.4. The van der Waals surface area contributed by atoms with Crippen LogP contribution in [0.25, 0.3) is 0 Å². The lowest BCUT2D eigenvalue weighted by molar-refractivity contribution is 0.235. The molecule has 2 aliphatic heterocycles. The molecule has 9 heteroatoms. The van der Waals surface area contributed by atoms with Crippen molar-refractivity contribution in [1.82, 2.24) is 14.9 Å². The first-order valence-electron chi connectivity index (χ1n) is 9.98. The molecule has 30 heavy (non-hydrogen) atoms. The third-order valence-electron chi connectivity index (χ3n) is 5.38. The average Bonchev–Trinajstić information content (AvgIpc) is 3.36. The van der Waals surface area contributed by atoms with Gasteiger partial charge in [-0.2, -0.15) is 0 Å².